The minimum Gasteiger partial charge on any atom is -0.493 e. The number of amides is 1. The molecule has 122 valence electrons. The summed E-state index contributed by atoms with van der Waals surface area (Å²) in [6, 6.07) is 5.11. The predicted molar refractivity (Wildman–Crippen MR) is 82.1 cm³/mol. The summed E-state index contributed by atoms with van der Waals surface area (Å²) in [5.41, 5.74) is 0.808. The van der Waals surface area contributed by atoms with Gasteiger partial charge in [-0.3, -0.25) is 9.59 Å². The van der Waals surface area contributed by atoms with Crippen LogP contribution in [0.1, 0.15) is 25.3 Å². The number of nitrogens with one attached hydrogen (secondary N) is 1. The van der Waals surface area contributed by atoms with Gasteiger partial charge in [0.15, 0.2) is 11.5 Å². The summed E-state index contributed by atoms with van der Waals surface area (Å²) in [7, 11) is 4.44. The zero-order valence-corrected chi connectivity index (χ0v) is 13.5. The van der Waals surface area contributed by atoms with Crippen molar-refractivity contribution < 1.29 is 23.8 Å². The molecule has 1 aromatic carbocycles. The Labute approximate surface area is 130 Å². The van der Waals surface area contributed by atoms with Crippen LogP contribution in [0.3, 0.4) is 0 Å². The topological polar surface area (TPSA) is 73.9 Å². The maximum absolute atomic E-state index is 12.1. The minimum absolute atomic E-state index is 0.150. The Bertz CT molecular complexity index is 515. The number of carbonyl (C=O) groups excluding carboxylic acids is 2. The van der Waals surface area contributed by atoms with Gasteiger partial charge in [0.05, 0.1) is 34.2 Å². The molecule has 0 spiro atoms. The van der Waals surface area contributed by atoms with Crippen LogP contribution >= 0.6 is 0 Å². The van der Waals surface area contributed by atoms with Crippen molar-refractivity contribution in [2.75, 3.05) is 21.3 Å². The quantitative estimate of drug-likeness (QED) is 0.740. The Kier molecular flexibility index (Phi) is 7.22. The summed E-state index contributed by atoms with van der Waals surface area (Å²) in [5, 5.41) is 2.83. The highest BCUT2D eigenvalue weighted by atomic mass is 16.5. The standard InChI is InChI=1S/C16H23NO5/c1-5-12(10-16(19)22-4)17-15(18)9-11-6-7-13(20-2)14(8-11)21-3/h6-8,12H,5,9-10H2,1-4H3,(H,17,18). The monoisotopic (exact) mass is 309 g/mol. The first-order valence-corrected chi connectivity index (χ1v) is 7.11. The highest BCUT2D eigenvalue weighted by molar-refractivity contribution is 5.80. The zero-order valence-electron chi connectivity index (χ0n) is 13.5. The van der Waals surface area contributed by atoms with E-state index in [0.29, 0.717) is 17.9 Å². The van der Waals surface area contributed by atoms with Crippen LogP contribution in [0, 0.1) is 0 Å². The fourth-order valence-corrected chi connectivity index (χ4v) is 2.04. The van der Waals surface area contributed by atoms with E-state index >= 15 is 0 Å². The molecule has 0 aliphatic carbocycles. The van der Waals surface area contributed by atoms with Gasteiger partial charge in [-0.1, -0.05) is 13.0 Å². The third kappa shape index (κ3) is 5.27. The zero-order chi connectivity index (χ0) is 16.5. The van der Waals surface area contributed by atoms with Crippen LogP contribution in [0.25, 0.3) is 0 Å². The molecule has 0 aliphatic heterocycles. The molecule has 0 aromatic heterocycles. The molecule has 0 bridgehead atoms. The minimum atomic E-state index is -0.335. The number of rotatable bonds is 8. The Morgan fingerprint density at radius 1 is 1.14 bits per heavy atom. The van der Waals surface area contributed by atoms with Crippen molar-refractivity contribution in [3.05, 3.63) is 23.8 Å². The molecule has 22 heavy (non-hydrogen) atoms. The molecule has 0 fully saturated rings. The number of benzene rings is 1. The van der Waals surface area contributed by atoms with E-state index in [0.717, 1.165) is 5.56 Å². The van der Waals surface area contributed by atoms with Gasteiger partial charge in [-0.2, -0.15) is 0 Å². The summed E-state index contributed by atoms with van der Waals surface area (Å²) in [6.45, 7) is 1.91. The largest absolute Gasteiger partial charge is 0.493 e. The number of ether oxygens (including phenoxy) is 3. The second-order valence-electron chi connectivity index (χ2n) is 4.82. The molecule has 6 nitrogen and oxygen atoms in total. The van der Waals surface area contributed by atoms with Crippen molar-refractivity contribution in [3.8, 4) is 11.5 Å². The van der Waals surface area contributed by atoms with Crippen molar-refractivity contribution in [2.24, 2.45) is 0 Å². The average Bonchev–Trinajstić information content (AvgIpc) is 2.53. The van der Waals surface area contributed by atoms with Crippen molar-refractivity contribution in [1.82, 2.24) is 5.32 Å². The van der Waals surface area contributed by atoms with Crippen LogP contribution in [0.15, 0.2) is 18.2 Å². The number of hydrogen-bond acceptors (Lipinski definition) is 5. The first kappa shape index (κ1) is 17.8. The van der Waals surface area contributed by atoms with E-state index in [4.69, 9.17) is 9.47 Å². The predicted octanol–water partition coefficient (Wildman–Crippen LogP) is 1.70. The maximum Gasteiger partial charge on any atom is 0.307 e. The van der Waals surface area contributed by atoms with Gasteiger partial charge in [0.25, 0.3) is 0 Å². The Morgan fingerprint density at radius 3 is 2.36 bits per heavy atom. The van der Waals surface area contributed by atoms with Crippen LogP contribution in [-0.4, -0.2) is 39.2 Å². The Hall–Kier alpha value is -2.24. The maximum atomic E-state index is 12.1. The molecule has 1 amide bonds. The molecule has 1 aromatic rings. The fraction of sp³-hybridized carbons (Fsp3) is 0.500. The molecule has 1 unspecified atom stereocenters. The first-order valence-electron chi connectivity index (χ1n) is 7.11. The fourth-order valence-electron chi connectivity index (χ4n) is 2.04. The first-order chi connectivity index (χ1) is 10.5. The molecule has 1 atom stereocenters. The van der Waals surface area contributed by atoms with E-state index in [1.807, 2.05) is 13.0 Å². The van der Waals surface area contributed by atoms with Gasteiger partial charge in [0.2, 0.25) is 5.91 Å². The SMILES string of the molecule is CCC(CC(=O)OC)NC(=O)Cc1ccc(OC)c(OC)c1. The van der Waals surface area contributed by atoms with E-state index in [2.05, 4.69) is 10.1 Å². The third-order valence-electron chi connectivity index (χ3n) is 3.31. The van der Waals surface area contributed by atoms with E-state index in [9.17, 15) is 9.59 Å². The molecule has 1 N–H and O–H groups in total. The lowest BCUT2D eigenvalue weighted by atomic mass is 10.1. The Morgan fingerprint density at radius 2 is 1.82 bits per heavy atom. The van der Waals surface area contributed by atoms with E-state index in [-0.39, 0.29) is 30.8 Å². The molecular formula is C16H23NO5. The summed E-state index contributed by atoms with van der Waals surface area (Å²) >= 11 is 0. The van der Waals surface area contributed by atoms with Crippen LogP contribution in [0.4, 0.5) is 0 Å². The molecule has 0 saturated heterocycles. The summed E-state index contributed by atoms with van der Waals surface area (Å²) < 4.78 is 15.0. The summed E-state index contributed by atoms with van der Waals surface area (Å²) in [6.07, 6.45) is 1.04. The second-order valence-corrected chi connectivity index (χ2v) is 4.82. The van der Waals surface area contributed by atoms with Crippen LogP contribution < -0.4 is 14.8 Å². The molecular weight excluding hydrogens is 286 g/mol. The van der Waals surface area contributed by atoms with Gasteiger partial charge < -0.3 is 19.5 Å². The van der Waals surface area contributed by atoms with Crippen LogP contribution in [0.5, 0.6) is 11.5 Å². The third-order valence-corrected chi connectivity index (χ3v) is 3.31. The van der Waals surface area contributed by atoms with Gasteiger partial charge in [-0.15, -0.1) is 0 Å². The van der Waals surface area contributed by atoms with Gasteiger partial charge in [0.1, 0.15) is 0 Å². The van der Waals surface area contributed by atoms with Crippen LogP contribution in [-0.2, 0) is 20.7 Å². The number of methoxy groups -OCH3 is 3. The van der Waals surface area contributed by atoms with Crippen molar-refractivity contribution in [2.45, 2.75) is 32.2 Å². The van der Waals surface area contributed by atoms with Crippen molar-refractivity contribution >= 4 is 11.9 Å². The smallest absolute Gasteiger partial charge is 0.307 e. The average molecular weight is 309 g/mol. The summed E-state index contributed by atoms with van der Waals surface area (Å²) in [5.74, 6) is 0.708. The van der Waals surface area contributed by atoms with Gasteiger partial charge in [-0.05, 0) is 24.1 Å². The van der Waals surface area contributed by atoms with Crippen molar-refractivity contribution in [1.29, 1.82) is 0 Å². The highest BCUT2D eigenvalue weighted by Crippen LogP contribution is 2.27. The lowest BCUT2D eigenvalue weighted by Gasteiger charge is -2.16. The van der Waals surface area contributed by atoms with E-state index in [1.165, 1.54) is 7.11 Å². The lowest BCUT2D eigenvalue weighted by Crippen LogP contribution is -2.37. The number of hydrogen-bond donors (Lipinski definition) is 1. The molecule has 0 saturated carbocycles. The Balaban J connectivity index is 2.66. The number of carbonyl (C=O) groups is 2. The lowest BCUT2D eigenvalue weighted by molar-refractivity contribution is -0.141. The molecule has 0 radical (unpaired) electrons. The molecule has 1 rings (SSSR count). The van der Waals surface area contributed by atoms with Gasteiger partial charge in [0, 0.05) is 6.04 Å². The van der Waals surface area contributed by atoms with E-state index < -0.39 is 0 Å². The van der Waals surface area contributed by atoms with Gasteiger partial charge >= 0.3 is 5.97 Å². The summed E-state index contributed by atoms with van der Waals surface area (Å²) in [4.78, 5) is 23.3. The van der Waals surface area contributed by atoms with E-state index in [1.54, 1.807) is 26.4 Å². The second kappa shape index (κ2) is 8.92. The highest BCUT2D eigenvalue weighted by Gasteiger charge is 2.16. The molecule has 0 heterocycles. The van der Waals surface area contributed by atoms with Crippen molar-refractivity contribution in [3.63, 3.8) is 0 Å². The number of esters is 1. The molecule has 0 aliphatic rings. The van der Waals surface area contributed by atoms with Crippen LogP contribution in [0.2, 0.25) is 0 Å². The van der Waals surface area contributed by atoms with Gasteiger partial charge in [-0.25, -0.2) is 0 Å². The normalized spacial score (nSPS) is 11.5. The molecule has 6 heteroatoms.